The number of esters is 1. The van der Waals surface area contributed by atoms with Gasteiger partial charge in [0.05, 0.1) is 17.1 Å². The van der Waals surface area contributed by atoms with Crippen LogP contribution >= 0.6 is 0 Å². The Labute approximate surface area is 172 Å². The molecule has 0 aliphatic carbocycles. The minimum Gasteiger partial charge on any atom is -0.452 e. The first-order chi connectivity index (χ1) is 14.3. The number of amides is 1. The maximum Gasteiger partial charge on any atom is 0.341 e. The zero-order chi connectivity index (χ0) is 22.1. The number of likely N-dealkylation sites (N-methyl/N-ethyl adjacent to an activating group) is 1. The van der Waals surface area contributed by atoms with Crippen LogP contribution in [0.4, 0.5) is 15.8 Å². The van der Waals surface area contributed by atoms with Crippen molar-refractivity contribution in [2.24, 2.45) is 0 Å². The van der Waals surface area contributed by atoms with E-state index in [1.807, 2.05) is 0 Å². The average molecular weight is 419 g/mol. The molecule has 0 aliphatic rings. The number of nitrogens with zero attached hydrogens (tertiary/aromatic N) is 2. The molecule has 2 rings (SSSR count). The number of carbonyl (C=O) groups excluding carboxylic acids is 2. The molecule has 0 aromatic heterocycles. The van der Waals surface area contributed by atoms with Crippen molar-refractivity contribution < 1.29 is 28.4 Å². The number of rotatable bonds is 10. The van der Waals surface area contributed by atoms with Gasteiger partial charge in [0.15, 0.2) is 6.61 Å². The van der Waals surface area contributed by atoms with Crippen molar-refractivity contribution in [2.45, 2.75) is 6.54 Å². The summed E-state index contributed by atoms with van der Waals surface area (Å²) in [6.07, 6.45) is 0. The van der Waals surface area contributed by atoms with Crippen LogP contribution in [0.3, 0.4) is 0 Å². The van der Waals surface area contributed by atoms with E-state index in [1.54, 1.807) is 18.2 Å². The van der Waals surface area contributed by atoms with E-state index in [-0.39, 0.29) is 17.8 Å². The third-order valence-corrected chi connectivity index (χ3v) is 4.17. The summed E-state index contributed by atoms with van der Waals surface area (Å²) in [6.45, 7) is 0.122. The summed E-state index contributed by atoms with van der Waals surface area (Å²) in [6, 6.07) is 9.73. The summed E-state index contributed by atoms with van der Waals surface area (Å²) >= 11 is 0. The van der Waals surface area contributed by atoms with Crippen molar-refractivity contribution in [2.75, 3.05) is 39.2 Å². The zero-order valence-electron chi connectivity index (χ0n) is 16.6. The molecular formula is C20H22FN3O6. The molecule has 0 spiro atoms. The number of hydrogen-bond acceptors (Lipinski definition) is 7. The molecule has 10 heteroatoms. The lowest BCUT2D eigenvalue weighted by molar-refractivity contribution is -0.384. The van der Waals surface area contributed by atoms with Crippen molar-refractivity contribution in [1.29, 1.82) is 0 Å². The normalized spacial score (nSPS) is 10.4. The van der Waals surface area contributed by atoms with Crippen molar-refractivity contribution in [3.63, 3.8) is 0 Å². The van der Waals surface area contributed by atoms with Gasteiger partial charge < -0.3 is 19.7 Å². The van der Waals surface area contributed by atoms with Crippen molar-refractivity contribution in [1.82, 2.24) is 4.90 Å². The quantitative estimate of drug-likeness (QED) is 0.273. The monoisotopic (exact) mass is 419 g/mol. The van der Waals surface area contributed by atoms with Gasteiger partial charge >= 0.3 is 5.97 Å². The maximum atomic E-state index is 13.7. The number of carbonyl (C=O) groups is 2. The van der Waals surface area contributed by atoms with Crippen molar-refractivity contribution in [3.05, 3.63) is 69.5 Å². The van der Waals surface area contributed by atoms with E-state index in [9.17, 15) is 24.1 Å². The molecule has 0 saturated carbocycles. The fourth-order valence-corrected chi connectivity index (χ4v) is 2.54. The second-order valence-electron chi connectivity index (χ2n) is 6.32. The number of hydrogen-bond donors (Lipinski definition) is 1. The number of nitro benzene ring substituents is 1. The Morgan fingerprint density at radius 2 is 1.97 bits per heavy atom. The number of ether oxygens (including phenoxy) is 2. The van der Waals surface area contributed by atoms with Crippen molar-refractivity contribution in [3.8, 4) is 0 Å². The standard InChI is InChI=1S/C20H22FN3O6/c1-23(12-14-5-3-4-6-17(14)21)19(25)13-30-20(26)16-11-15(24(27)28)7-8-18(16)22-9-10-29-2/h3-8,11,22H,9-10,12-13H2,1-2H3. The summed E-state index contributed by atoms with van der Waals surface area (Å²) in [5.41, 5.74) is 0.268. The highest BCUT2D eigenvalue weighted by Crippen LogP contribution is 2.23. The highest BCUT2D eigenvalue weighted by atomic mass is 19.1. The van der Waals surface area contributed by atoms with Gasteiger partial charge in [0.2, 0.25) is 0 Å². The largest absolute Gasteiger partial charge is 0.452 e. The smallest absolute Gasteiger partial charge is 0.341 e. The predicted octanol–water partition coefficient (Wildman–Crippen LogP) is 2.61. The molecular weight excluding hydrogens is 397 g/mol. The summed E-state index contributed by atoms with van der Waals surface area (Å²) in [5, 5.41) is 14.0. The van der Waals surface area contributed by atoms with Crippen LogP contribution in [0.25, 0.3) is 0 Å². The fourth-order valence-electron chi connectivity index (χ4n) is 2.54. The molecule has 1 amide bonds. The van der Waals surface area contributed by atoms with Gasteiger partial charge in [-0.3, -0.25) is 14.9 Å². The van der Waals surface area contributed by atoms with Crippen LogP contribution in [-0.4, -0.2) is 55.6 Å². The van der Waals surface area contributed by atoms with Gasteiger partial charge in [0.25, 0.3) is 11.6 Å². The molecule has 0 atom stereocenters. The molecule has 1 N–H and O–H groups in total. The number of halogens is 1. The number of anilines is 1. The van der Waals surface area contributed by atoms with Gasteiger partial charge in [-0.25, -0.2) is 9.18 Å². The average Bonchev–Trinajstić information content (AvgIpc) is 2.73. The van der Waals surface area contributed by atoms with Gasteiger partial charge in [0.1, 0.15) is 5.82 Å². The molecule has 0 fully saturated rings. The molecule has 2 aromatic rings. The molecule has 2 aromatic carbocycles. The molecule has 0 heterocycles. The Bertz CT molecular complexity index is 921. The van der Waals surface area contributed by atoms with E-state index >= 15 is 0 Å². The lowest BCUT2D eigenvalue weighted by atomic mass is 10.1. The van der Waals surface area contributed by atoms with Crippen LogP contribution in [0, 0.1) is 15.9 Å². The predicted molar refractivity (Wildman–Crippen MR) is 107 cm³/mol. The minimum atomic E-state index is -0.897. The molecule has 160 valence electrons. The van der Waals surface area contributed by atoms with Crippen LogP contribution in [-0.2, 0) is 20.8 Å². The molecule has 0 bridgehead atoms. The molecule has 30 heavy (non-hydrogen) atoms. The summed E-state index contributed by atoms with van der Waals surface area (Å²) in [4.78, 5) is 36.3. The molecule has 0 unspecified atom stereocenters. The Kier molecular flexibility index (Phi) is 8.24. The fraction of sp³-hybridized carbons (Fsp3) is 0.300. The Hall–Kier alpha value is -3.53. The van der Waals surface area contributed by atoms with Crippen LogP contribution in [0.15, 0.2) is 42.5 Å². The first-order valence-corrected chi connectivity index (χ1v) is 8.99. The van der Waals surface area contributed by atoms with Crippen LogP contribution in [0.2, 0.25) is 0 Å². The summed E-state index contributed by atoms with van der Waals surface area (Å²) < 4.78 is 23.7. The van der Waals surface area contributed by atoms with Crippen LogP contribution in [0.1, 0.15) is 15.9 Å². The van der Waals surface area contributed by atoms with E-state index in [1.165, 1.54) is 37.3 Å². The maximum absolute atomic E-state index is 13.7. The summed E-state index contributed by atoms with van der Waals surface area (Å²) in [5.74, 6) is -1.89. The molecule has 0 radical (unpaired) electrons. The number of benzene rings is 2. The van der Waals surface area contributed by atoms with E-state index in [4.69, 9.17) is 9.47 Å². The van der Waals surface area contributed by atoms with Gasteiger partial charge in [-0.2, -0.15) is 0 Å². The van der Waals surface area contributed by atoms with Gasteiger partial charge in [0, 0.05) is 50.6 Å². The molecule has 9 nitrogen and oxygen atoms in total. The van der Waals surface area contributed by atoms with E-state index in [0.29, 0.717) is 24.4 Å². The Balaban J connectivity index is 2.04. The van der Waals surface area contributed by atoms with Crippen LogP contribution < -0.4 is 5.32 Å². The number of nitro groups is 1. The summed E-state index contributed by atoms with van der Waals surface area (Å²) in [7, 11) is 2.96. The van der Waals surface area contributed by atoms with E-state index in [0.717, 1.165) is 6.07 Å². The molecule has 0 saturated heterocycles. The van der Waals surface area contributed by atoms with E-state index in [2.05, 4.69) is 5.32 Å². The van der Waals surface area contributed by atoms with Crippen LogP contribution in [0.5, 0.6) is 0 Å². The highest BCUT2D eigenvalue weighted by Gasteiger charge is 2.20. The first-order valence-electron chi connectivity index (χ1n) is 8.99. The third kappa shape index (κ3) is 6.24. The third-order valence-electron chi connectivity index (χ3n) is 4.17. The lowest BCUT2D eigenvalue weighted by Crippen LogP contribution is -2.31. The Morgan fingerprint density at radius 1 is 1.23 bits per heavy atom. The zero-order valence-corrected chi connectivity index (χ0v) is 16.6. The van der Waals surface area contributed by atoms with Crippen molar-refractivity contribution >= 4 is 23.3 Å². The number of nitrogens with one attached hydrogen (secondary N) is 1. The van der Waals surface area contributed by atoms with Gasteiger partial charge in [-0.15, -0.1) is 0 Å². The minimum absolute atomic E-state index is 0.00366. The lowest BCUT2D eigenvalue weighted by Gasteiger charge is -2.18. The SMILES string of the molecule is COCCNc1ccc([N+](=O)[O-])cc1C(=O)OCC(=O)N(C)Cc1ccccc1F. The van der Waals surface area contributed by atoms with Gasteiger partial charge in [-0.05, 0) is 12.1 Å². The number of non-ortho nitro benzene ring substituents is 1. The van der Waals surface area contributed by atoms with E-state index < -0.39 is 29.2 Å². The highest BCUT2D eigenvalue weighted by molar-refractivity contribution is 5.97. The first kappa shape index (κ1) is 22.8. The molecule has 0 aliphatic heterocycles. The number of methoxy groups -OCH3 is 1. The second-order valence-corrected chi connectivity index (χ2v) is 6.32. The van der Waals surface area contributed by atoms with Gasteiger partial charge in [-0.1, -0.05) is 18.2 Å². The second kappa shape index (κ2) is 10.9. The Morgan fingerprint density at radius 3 is 2.63 bits per heavy atom. The topological polar surface area (TPSA) is 111 Å².